The summed E-state index contributed by atoms with van der Waals surface area (Å²) in [5.41, 5.74) is 3.27. The van der Waals surface area contributed by atoms with Gasteiger partial charge in [-0.05, 0) is 35.7 Å². The van der Waals surface area contributed by atoms with Gasteiger partial charge in [0, 0.05) is 49.1 Å². The summed E-state index contributed by atoms with van der Waals surface area (Å²) < 4.78 is 13.0. The lowest BCUT2D eigenvalue weighted by molar-refractivity contribution is -0.121. The number of fused-ring (bicyclic) bond motifs is 1. The Bertz CT molecular complexity index is 939. The molecule has 5 heteroatoms. The average molecular weight is 380 g/mol. The van der Waals surface area contributed by atoms with E-state index in [4.69, 9.17) is 9.47 Å². The topological polar surface area (TPSA) is 52.5 Å². The Balaban J connectivity index is 2.11. The molecule has 0 aliphatic heterocycles. The predicted molar refractivity (Wildman–Crippen MR) is 112 cm³/mol. The highest BCUT2D eigenvalue weighted by atomic mass is 16.5. The van der Waals surface area contributed by atoms with Gasteiger partial charge in [0.25, 0.3) is 0 Å². The van der Waals surface area contributed by atoms with E-state index in [9.17, 15) is 4.79 Å². The van der Waals surface area contributed by atoms with Crippen LogP contribution in [0.4, 0.5) is 0 Å². The molecule has 148 valence electrons. The summed E-state index contributed by atoms with van der Waals surface area (Å²) in [7, 11) is 5.31. The fourth-order valence-electron chi connectivity index (χ4n) is 3.61. The third kappa shape index (κ3) is 4.14. The molecule has 3 rings (SSSR count). The molecular formula is C23H28N2O3. The van der Waals surface area contributed by atoms with Crippen molar-refractivity contribution in [2.75, 3.05) is 20.8 Å². The Morgan fingerprint density at radius 3 is 2.43 bits per heavy atom. The van der Waals surface area contributed by atoms with Gasteiger partial charge in [-0.2, -0.15) is 0 Å². The molecule has 28 heavy (non-hydrogen) atoms. The molecule has 0 aliphatic rings. The molecule has 1 heterocycles. The highest BCUT2D eigenvalue weighted by Crippen LogP contribution is 2.37. The molecule has 0 saturated heterocycles. The second-order valence-corrected chi connectivity index (χ2v) is 6.97. The largest absolute Gasteiger partial charge is 0.497 e. The number of nitrogens with zero attached hydrogens (tertiary/aromatic N) is 1. The van der Waals surface area contributed by atoms with Crippen LogP contribution in [-0.4, -0.2) is 31.2 Å². The number of benzene rings is 2. The van der Waals surface area contributed by atoms with Crippen LogP contribution in [0.25, 0.3) is 10.9 Å². The van der Waals surface area contributed by atoms with Crippen LogP contribution in [0.2, 0.25) is 0 Å². The average Bonchev–Trinajstić information content (AvgIpc) is 3.06. The Labute approximate surface area is 166 Å². The predicted octanol–water partition coefficient (Wildman–Crippen LogP) is 4.24. The third-order valence-electron chi connectivity index (χ3n) is 5.04. The molecule has 0 saturated carbocycles. The molecule has 0 spiro atoms. The minimum atomic E-state index is -0.105. The van der Waals surface area contributed by atoms with Crippen LogP contribution in [0, 0.1) is 0 Å². The van der Waals surface area contributed by atoms with E-state index in [1.807, 2.05) is 37.4 Å². The summed E-state index contributed by atoms with van der Waals surface area (Å²) in [6.07, 6.45) is 3.40. The van der Waals surface area contributed by atoms with Gasteiger partial charge < -0.3 is 19.4 Å². The maximum absolute atomic E-state index is 12.6. The lowest BCUT2D eigenvalue weighted by Gasteiger charge is -2.19. The van der Waals surface area contributed by atoms with Crippen molar-refractivity contribution in [2.45, 2.75) is 25.7 Å². The molecule has 0 aliphatic carbocycles. The van der Waals surface area contributed by atoms with Gasteiger partial charge in [-0.25, -0.2) is 0 Å². The molecule has 0 fully saturated rings. The molecule has 0 bridgehead atoms. The monoisotopic (exact) mass is 380 g/mol. The number of methoxy groups -OCH3 is 2. The van der Waals surface area contributed by atoms with Gasteiger partial charge in [0.05, 0.1) is 14.2 Å². The highest BCUT2D eigenvalue weighted by molar-refractivity contribution is 5.86. The molecular weight excluding hydrogens is 352 g/mol. The first-order chi connectivity index (χ1) is 13.6. The second kappa shape index (κ2) is 8.83. The molecule has 1 aromatic heterocycles. The number of rotatable bonds is 8. The van der Waals surface area contributed by atoms with Crippen LogP contribution >= 0.6 is 0 Å². The van der Waals surface area contributed by atoms with Crippen molar-refractivity contribution in [3.8, 4) is 11.5 Å². The highest BCUT2D eigenvalue weighted by Gasteiger charge is 2.23. The number of hydrogen-bond donors (Lipinski definition) is 1. The quantitative estimate of drug-likeness (QED) is 0.636. The van der Waals surface area contributed by atoms with E-state index in [2.05, 4.69) is 35.1 Å². The number of amides is 1. The molecule has 2 aromatic carbocycles. The van der Waals surface area contributed by atoms with Gasteiger partial charge in [-0.3, -0.25) is 4.79 Å². The normalized spacial score (nSPS) is 12.0. The van der Waals surface area contributed by atoms with Crippen molar-refractivity contribution < 1.29 is 14.3 Å². The number of nitrogens with one attached hydrogen (secondary N) is 1. The van der Waals surface area contributed by atoms with Crippen LogP contribution < -0.4 is 14.8 Å². The first kappa shape index (κ1) is 19.8. The smallest absolute Gasteiger partial charge is 0.220 e. The number of carbonyl (C=O) groups excluding carboxylic acids is 1. The zero-order valence-electron chi connectivity index (χ0n) is 17.0. The Morgan fingerprint density at radius 1 is 1.11 bits per heavy atom. The third-order valence-corrected chi connectivity index (χ3v) is 5.04. The fraction of sp³-hybridized carbons (Fsp3) is 0.348. The standard InChI is InChI=1S/C23H28N2O3/c1-5-10-24-23(26)14-20(16-11-17(27-3)13-18(12-16)28-4)21-15-25(2)22-9-7-6-8-19(21)22/h6-9,11-13,15,20H,5,10,14H2,1-4H3,(H,24,26). The summed E-state index contributed by atoms with van der Waals surface area (Å²) in [4.78, 5) is 12.6. The fourth-order valence-corrected chi connectivity index (χ4v) is 3.61. The van der Waals surface area contributed by atoms with Crippen LogP contribution in [0.1, 0.15) is 36.8 Å². The Kier molecular flexibility index (Phi) is 6.24. The number of aryl methyl sites for hydroxylation is 1. The molecule has 1 atom stereocenters. The van der Waals surface area contributed by atoms with Gasteiger partial charge in [-0.15, -0.1) is 0 Å². The lowest BCUT2D eigenvalue weighted by atomic mass is 9.87. The van der Waals surface area contributed by atoms with Crippen LogP contribution in [0.3, 0.4) is 0 Å². The molecule has 1 N–H and O–H groups in total. The minimum absolute atomic E-state index is 0.0431. The van der Waals surface area contributed by atoms with Gasteiger partial charge >= 0.3 is 0 Å². The van der Waals surface area contributed by atoms with E-state index in [1.165, 1.54) is 0 Å². The number of aromatic nitrogens is 1. The van der Waals surface area contributed by atoms with Crippen LogP contribution in [0.15, 0.2) is 48.7 Å². The summed E-state index contributed by atoms with van der Waals surface area (Å²) in [5, 5.41) is 4.16. The van der Waals surface area contributed by atoms with Gasteiger partial charge in [0.15, 0.2) is 0 Å². The number of hydrogen-bond acceptors (Lipinski definition) is 3. The summed E-state index contributed by atoms with van der Waals surface area (Å²) in [6, 6.07) is 14.1. The van der Waals surface area contributed by atoms with E-state index < -0.39 is 0 Å². The van der Waals surface area contributed by atoms with E-state index in [0.717, 1.165) is 28.5 Å². The molecule has 1 amide bonds. The molecule has 0 radical (unpaired) electrons. The van der Waals surface area contributed by atoms with Crippen molar-refractivity contribution in [3.05, 3.63) is 59.8 Å². The number of carbonyl (C=O) groups is 1. The Morgan fingerprint density at radius 2 is 1.79 bits per heavy atom. The molecule has 1 unspecified atom stereocenters. The number of ether oxygens (including phenoxy) is 2. The summed E-state index contributed by atoms with van der Waals surface area (Å²) in [5.74, 6) is 1.37. The van der Waals surface area contributed by atoms with E-state index in [-0.39, 0.29) is 11.8 Å². The van der Waals surface area contributed by atoms with E-state index >= 15 is 0 Å². The van der Waals surface area contributed by atoms with Crippen molar-refractivity contribution in [1.29, 1.82) is 0 Å². The van der Waals surface area contributed by atoms with Crippen molar-refractivity contribution in [2.24, 2.45) is 7.05 Å². The maximum Gasteiger partial charge on any atom is 0.220 e. The number of para-hydroxylation sites is 1. The first-order valence-electron chi connectivity index (χ1n) is 9.61. The second-order valence-electron chi connectivity index (χ2n) is 6.97. The zero-order valence-corrected chi connectivity index (χ0v) is 17.0. The van der Waals surface area contributed by atoms with Gasteiger partial charge in [0.2, 0.25) is 5.91 Å². The van der Waals surface area contributed by atoms with E-state index in [1.54, 1.807) is 14.2 Å². The first-order valence-corrected chi connectivity index (χ1v) is 9.61. The molecule has 5 nitrogen and oxygen atoms in total. The zero-order chi connectivity index (χ0) is 20.1. The van der Waals surface area contributed by atoms with Crippen LogP contribution in [-0.2, 0) is 11.8 Å². The van der Waals surface area contributed by atoms with Gasteiger partial charge in [0.1, 0.15) is 11.5 Å². The van der Waals surface area contributed by atoms with Crippen molar-refractivity contribution in [1.82, 2.24) is 9.88 Å². The summed E-state index contributed by atoms with van der Waals surface area (Å²) in [6.45, 7) is 2.73. The Hall–Kier alpha value is -2.95. The summed E-state index contributed by atoms with van der Waals surface area (Å²) >= 11 is 0. The van der Waals surface area contributed by atoms with Crippen LogP contribution in [0.5, 0.6) is 11.5 Å². The molecule has 3 aromatic rings. The van der Waals surface area contributed by atoms with Gasteiger partial charge in [-0.1, -0.05) is 25.1 Å². The maximum atomic E-state index is 12.6. The SMILES string of the molecule is CCCNC(=O)CC(c1cc(OC)cc(OC)c1)c1cn(C)c2ccccc12. The minimum Gasteiger partial charge on any atom is -0.497 e. The van der Waals surface area contributed by atoms with Crippen molar-refractivity contribution in [3.63, 3.8) is 0 Å². The van der Waals surface area contributed by atoms with E-state index in [0.29, 0.717) is 24.5 Å². The lowest BCUT2D eigenvalue weighted by Crippen LogP contribution is -2.26. The van der Waals surface area contributed by atoms with Crippen molar-refractivity contribution >= 4 is 16.8 Å².